The highest BCUT2D eigenvalue weighted by Gasteiger charge is 2.51. The minimum absolute atomic E-state index is 0.0560. The lowest BCUT2D eigenvalue weighted by atomic mass is 9.93. The minimum Gasteiger partial charge on any atom is -0.469 e. The molecule has 0 N–H and O–H groups in total. The Kier molecular flexibility index (Phi) is 5.27. The molecule has 0 radical (unpaired) electrons. The standard InChI is InChI=1S/C19H25N3O4/c1-20(2)11-16(23)21-10-14-9-15(19(25)26-3)18(22(14)17(24)12-21)13-7-5-4-6-8-13/h4-8,14-15,18H,9-12H2,1-3H3/t14-,15-,18-/m0/s1. The molecule has 0 aliphatic carbocycles. The van der Waals surface area contributed by atoms with Gasteiger partial charge in [0.15, 0.2) is 0 Å². The van der Waals surface area contributed by atoms with Crippen LogP contribution in [-0.4, -0.2) is 79.4 Å². The fraction of sp³-hybridized carbons (Fsp3) is 0.526. The summed E-state index contributed by atoms with van der Waals surface area (Å²) in [7, 11) is 5.02. The van der Waals surface area contributed by atoms with Crippen LogP contribution in [-0.2, 0) is 19.1 Å². The van der Waals surface area contributed by atoms with Crippen molar-refractivity contribution in [2.24, 2.45) is 5.92 Å². The van der Waals surface area contributed by atoms with Crippen molar-refractivity contribution >= 4 is 17.8 Å². The maximum absolute atomic E-state index is 12.9. The zero-order valence-corrected chi connectivity index (χ0v) is 15.4. The number of nitrogens with zero attached hydrogens (tertiary/aromatic N) is 3. The first-order chi connectivity index (χ1) is 12.4. The molecular weight excluding hydrogens is 334 g/mol. The zero-order valence-electron chi connectivity index (χ0n) is 15.4. The molecule has 26 heavy (non-hydrogen) atoms. The van der Waals surface area contributed by atoms with Crippen LogP contribution in [0.25, 0.3) is 0 Å². The minimum atomic E-state index is -0.416. The third kappa shape index (κ3) is 3.44. The fourth-order valence-corrected chi connectivity index (χ4v) is 4.02. The summed E-state index contributed by atoms with van der Waals surface area (Å²) in [5.74, 6) is -0.915. The van der Waals surface area contributed by atoms with Crippen molar-refractivity contribution in [2.45, 2.75) is 18.5 Å². The normalized spacial score (nSPS) is 25.4. The predicted molar refractivity (Wildman–Crippen MR) is 95.1 cm³/mol. The van der Waals surface area contributed by atoms with Gasteiger partial charge in [-0.2, -0.15) is 0 Å². The maximum atomic E-state index is 12.9. The van der Waals surface area contributed by atoms with E-state index >= 15 is 0 Å². The number of benzene rings is 1. The number of carbonyl (C=O) groups excluding carboxylic acids is 3. The van der Waals surface area contributed by atoms with Gasteiger partial charge in [-0.3, -0.25) is 14.4 Å². The molecular formula is C19H25N3O4. The van der Waals surface area contributed by atoms with E-state index in [2.05, 4.69) is 0 Å². The highest BCUT2D eigenvalue weighted by Crippen LogP contribution is 2.43. The van der Waals surface area contributed by atoms with E-state index in [0.29, 0.717) is 13.0 Å². The van der Waals surface area contributed by atoms with Gasteiger partial charge in [0.1, 0.15) is 0 Å². The monoisotopic (exact) mass is 359 g/mol. The Bertz CT molecular complexity index is 691. The lowest BCUT2D eigenvalue weighted by Crippen LogP contribution is -2.57. The number of ether oxygens (including phenoxy) is 1. The van der Waals surface area contributed by atoms with Crippen molar-refractivity contribution in [3.63, 3.8) is 0 Å². The van der Waals surface area contributed by atoms with Crippen LogP contribution in [0.3, 0.4) is 0 Å². The summed E-state index contributed by atoms with van der Waals surface area (Å²) in [5.41, 5.74) is 0.923. The van der Waals surface area contributed by atoms with Crippen LogP contribution in [0.4, 0.5) is 0 Å². The number of rotatable bonds is 4. The van der Waals surface area contributed by atoms with Gasteiger partial charge in [-0.25, -0.2) is 0 Å². The van der Waals surface area contributed by atoms with Crippen molar-refractivity contribution in [1.29, 1.82) is 0 Å². The second-order valence-electron chi connectivity index (χ2n) is 7.19. The first kappa shape index (κ1) is 18.4. The maximum Gasteiger partial charge on any atom is 0.311 e. The summed E-state index contributed by atoms with van der Waals surface area (Å²) < 4.78 is 4.99. The number of amides is 2. The van der Waals surface area contributed by atoms with Gasteiger partial charge in [0.25, 0.3) is 0 Å². The average molecular weight is 359 g/mol. The van der Waals surface area contributed by atoms with E-state index in [4.69, 9.17) is 4.74 Å². The molecule has 1 aromatic carbocycles. The van der Waals surface area contributed by atoms with E-state index in [1.54, 1.807) is 14.7 Å². The third-order valence-electron chi connectivity index (χ3n) is 5.09. The molecule has 3 rings (SSSR count). The van der Waals surface area contributed by atoms with Crippen LogP contribution in [0, 0.1) is 5.92 Å². The van der Waals surface area contributed by atoms with Crippen LogP contribution >= 0.6 is 0 Å². The molecule has 0 bridgehead atoms. The highest BCUT2D eigenvalue weighted by molar-refractivity contribution is 5.88. The van der Waals surface area contributed by atoms with Crippen LogP contribution < -0.4 is 0 Å². The number of methoxy groups -OCH3 is 1. The number of hydrogen-bond acceptors (Lipinski definition) is 5. The van der Waals surface area contributed by atoms with Gasteiger partial charge < -0.3 is 19.4 Å². The second kappa shape index (κ2) is 7.45. The molecule has 0 aromatic heterocycles. The van der Waals surface area contributed by atoms with Gasteiger partial charge in [0.05, 0.1) is 38.2 Å². The first-order valence-corrected chi connectivity index (χ1v) is 8.78. The number of hydrogen-bond donors (Lipinski definition) is 0. The first-order valence-electron chi connectivity index (χ1n) is 8.78. The predicted octanol–water partition coefficient (Wildman–Crippen LogP) is 0.522. The van der Waals surface area contributed by atoms with Gasteiger partial charge in [-0.15, -0.1) is 0 Å². The van der Waals surface area contributed by atoms with Gasteiger partial charge in [-0.05, 0) is 26.1 Å². The summed E-state index contributed by atoms with van der Waals surface area (Å²) in [5, 5.41) is 0. The van der Waals surface area contributed by atoms with Crippen LogP contribution in [0.15, 0.2) is 30.3 Å². The van der Waals surface area contributed by atoms with Crippen LogP contribution in [0.5, 0.6) is 0 Å². The van der Waals surface area contributed by atoms with Gasteiger partial charge in [0, 0.05) is 6.54 Å². The molecule has 0 spiro atoms. The molecule has 3 atom stereocenters. The number of likely N-dealkylation sites (N-methyl/N-ethyl adjacent to an activating group) is 1. The highest BCUT2D eigenvalue weighted by atomic mass is 16.5. The molecule has 140 valence electrons. The van der Waals surface area contributed by atoms with Gasteiger partial charge >= 0.3 is 5.97 Å². The summed E-state index contributed by atoms with van der Waals surface area (Å²) in [4.78, 5) is 42.8. The number of esters is 1. The SMILES string of the molecule is COC(=O)[C@H]1C[C@H]2CN(C(=O)CN(C)C)CC(=O)N2[C@H]1c1ccccc1. The molecule has 2 heterocycles. The van der Waals surface area contributed by atoms with E-state index in [1.807, 2.05) is 44.4 Å². The van der Waals surface area contributed by atoms with Gasteiger partial charge in [-0.1, -0.05) is 30.3 Å². The topological polar surface area (TPSA) is 70.2 Å². The molecule has 2 saturated heterocycles. The average Bonchev–Trinajstić information content (AvgIpc) is 3.01. The molecule has 0 unspecified atom stereocenters. The molecule has 7 heteroatoms. The van der Waals surface area contributed by atoms with Crippen molar-refractivity contribution in [1.82, 2.24) is 14.7 Å². The summed E-state index contributed by atoms with van der Waals surface area (Å²) >= 11 is 0. The Morgan fingerprint density at radius 2 is 1.92 bits per heavy atom. The van der Waals surface area contributed by atoms with E-state index in [0.717, 1.165) is 5.56 Å². The Hall–Kier alpha value is -2.41. The molecule has 1 aromatic rings. The summed E-state index contributed by atoms with van der Waals surface area (Å²) in [6, 6.07) is 9.06. The van der Waals surface area contributed by atoms with Gasteiger partial charge in [0.2, 0.25) is 11.8 Å². The van der Waals surface area contributed by atoms with Crippen LogP contribution in [0.2, 0.25) is 0 Å². The van der Waals surface area contributed by atoms with Crippen molar-refractivity contribution < 1.29 is 19.1 Å². The fourth-order valence-electron chi connectivity index (χ4n) is 4.02. The van der Waals surface area contributed by atoms with Crippen LogP contribution in [0.1, 0.15) is 18.0 Å². The second-order valence-corrected chi connectivity index (χ2v) is 7.19. The van der Waals surface area contributed by atoms with E-state index in [1.165, 1.54) is 7.11 Å². The summed E-state index contributed by atoms with van der Waals surface area (Å²) in [6.45, 7) is 0.776. The Labute approximate surface area is 153 Å². The quantitative estimate of drug-likeness (QED) is 0.733. The molecule has 2 aliphatic rings. The molecule has 2 aliphatic heterocycles. The Balaban J connectivity index is 1.87. The lowest BCUT2D eigenvalue weighted by Gasteiger charge is -2.40. The van der Waals surface area contributed by atoms with E-state index in [9.17, 15) is 14.4 Å². The van der Waals surface area contributed by atoms with Crippen molar-refractivity contribution in [2.75, 3.05) is 40.8 Å². The Morgan fingerprint density at radius 1 is 1.23 bits per heavy atom. The van der Waals surface area contributed by atoms with Crippen molar-refractivity contribution in [3.05, 3.63) is 35.9 Å². The number of carbonyl (C=O) groups is 3. The number of fused-ring (bicyclic) bond motifs is 1. The largest absolute Gasteiger partial charge is 0.469 e. The molecule has 7 nitrogen and oxygen atoms in total. The van der Waals surface area contributed by atoms with E-state index < -0.39 is 5.92 Å². The zero-order chi connectivity index (χ0) is 18.8. The smallest absolute Gasteiger partial charge is 0.311 e. The van der Waals surface area contributed by atoms with E-state index in [-0.39, 0.29) is 43.0 Å². The third-order valence-corrected chi connectivity index (χ3v) is 5.09. The Morgan fingerprint density at radius 3 is 2.54 bits per heavy atom. The molecule has 2 fully saturated rings. The van der Waals surface area contributed by atoms with Crippen molar-refractivity contribution in [3.8, 4) is 0 Å². The molecule has 0 saturated carbocycles. The number of piperazine rings is 1. The summed E-state index contributed by atoms with van der Waals surface area (Å²) in [6.07, 6.45) is 0.504. The lowest BCUT2D eigenvalue weighted by molar-refractivity contribution is -0.151. The molecule has 2 amide bonds.